The first-order valence-electron chi connectivity index (χ1n) is 10.1. The van der Waals surface area contributed by atoms with Crippen LogP contribution in [0.1, 0.15) is 30.1 Å². The van der Waals surface area contributed by atoms with E-state index in [1.807, 2.05) is 41.8 Å². The molecular weight excluding hydrogens is 380 g/mol. The third kappa shape index (κ3) is 3.10. The molecule has 8 nitrogen and oxygen atoms in total. The molecule has 1 aromatic heterocycles. The van der Waals surface area contributed by atoms with Crippen LogP contribution in [-0.2, 0) is 11.3 Å². The SMILES string of the molecule is CCn1cnnc1-c1cccc(NC(=O)c2ccc3c(c2)NC(=O)C2CCCN32)c1. The minimum Gasteiger partial charge on any atom is -0.358 e. The number of anilines is 3. The first kappa shape index (κ1) is 18.4. The van der Waals surface area contributed by atoms with Crippen LogP contribution in [0.15, 0.2) is 48.8 Å². The first-order chi connectivity index (χ1) is 14.6. The van der Waals surface area contributed by atoms with Gasteiger partial charge in [0, 0.05) is 29.9 Å². The predicted molar refractivity (Wildman–Crippen MR) is 115 cm³/mol. The Hall–Kier alpha value is -3.68. The van der Waals surface area contributed by atoms with Crippen LogP contribution in [-0.4, -0.2) is 39.2 Å². The van der Waals surface area contributed by atoms with E-state index < -0.39 is 0 Å². The van der Waals surface area contributed by atoms with Crippen LogP contribution >= 0.6 is 0 Å². The lowest BCUT2D eigenvalue weighted by molar-refractivity contribution is -0.117. The fourth-order valence-electron chi connectivity index (χ4n) is 4.22. The molecule has 0 radical (unpaired) electrons. The Morgan fingerprint density at radius 1 is 1.27 bits per heavy atom. The summed E-state index contributed by atoms with van der Waals surface area (Å²) in [6.07, 6.45) is 3.56. The van der Waals surface area contributed by atoms with E-state index in [4.69, 9.17) is 0 Å². The van der Waals surface area contributed by atoms with Gasteiger partial charge in [0.2, 0.25) is 5.91 Å². The van der Waals surface area contributed by atoms with Crippen molar-refractivity contribution >= 4 is 28.9 Å². The molecule has 2 aliphatic rings. The second-order valence-electron chi connectivity index (χ2n) is 7.55. The molecule has 0 spiro atoms. The van der Waals surface area contributed by atoms with Crippen LogP contribution in [0.5, 0.6) is 0 Å². The molecule has 2 aliphatic heterocycles. The number of aromatic nitrogens is 3. The molecule has 30 heavy (non-hydrogen) atoms. The van der Waals surface area contributed by atoms with E-state index in [0.29, 0.717) is 16.9 Å². The molecule has 0 bridgehead atoms. The largest absolute Gasteiger partial charge is 0.358 e. The summed E-state index contributed by atoms with van der Waals surface area (Å²) in [6.45, 7) is 3.65. The van der Waals surface area contributed by atoms with Gasteiger partial charge in [-0.05, 0) is 50.1 Å². The van der Waals surface area contributed by atoms with Crippen molar-refractivity contribution in [2.24, 2.45) is 0 Å². The lowest BCUT2D eigenvalue weighted by Crippen LogP contribution is -2.43. The van der Waals surface area contributed by atoms with Crippen LogP contribution in [0, 0.1) is 0 Å². The van der Waals surface area contributed by atoms with Crippen LogP contribution in [0.4, 0.5) is 17.1 Å². The van der Waals surface area contributed by atoms with Gasteiger partial charge in [-0.1, -0.05) is 12.1 Å². The number of fused-ring (bicyclic) bond motifs is 3. The monoisotopic (exact) mass is 402 g/mol. The molecule has 1 saturated heterocycles. The summed E-state index contributed by atoms with van der Waals surface area (Å²) in [5, 5.41) is 14.0. The van der Waals surface area contributed by atoms with Gasteiger partial charge in [0.1, 0.15) is 12.4 Å². The molecule has 1 fully saturated rings. The number of hydrogen-bond donors (Lipinski definition) is 2. The molecule has 3 aromatic rings. The summed E-state index contributed by atoms with van der Waals surface area (Å²) in [7, 11) is 0. The number of aryl methyl sites for hydroxylation is 1. The highest BCUT2D eigenvalue weighted by Crippen LogP contribution is 2.37. The average Bonchev–Trinajstić information content (AvgIpc) is 3.43. The molecule has 152 valence electrons. The molecule has 2 amide bonds. The zero-order chi connectivity index (χ0) is 20.7. The van der Waals surface area contributed by atoms with Crippen LogP contribution in [0.2, 0.25) is 0 Å². The maximum Gasteiger partial charge on any atom is 0.255 e. The summed E-state index contributed by atoms with van der Waals surface area (Å²) in [5.74, 6) is 0.528. The topological polar surface area (TPSA) is 92.1 Å². The van der Waals surface area contributed by atoms with E-state index in [2.05, 4.69) is 25.7 Å². The first-order valence-corrected chi connectivity index (χ1v) is 10.1. The maximum absolute atomic E-state index is 12.9. The van der Waals surface area contributed by atoms with Gasteiger partial charge in [0.25, 0.3) is 5.91 Å². The smallest absolute Gasteiger partial charge is 0.255 e. The van der Waals surface area contributed by atoms with E-state index in [1.165, 1.54) is 0 Å². The number of benzene rings is 2. The number of carbonyl (C=O) groups excluding carboxylic acids is 2. The van der Waals surface area contributed by atoms with E-state index in [1.54, 1.807) is 18.5 Å². The van der Waals surface area contributed by atoms with E-state index in [9.17, 15) is 9.59 Å². The van der Waals surface area contributed by atoms with Gasteiger partial charge in [0.15, 0.2) is 5.82 Å². The standard InChI is InChI=1S/C22H22N6O2/c1-2-27-13-23-26-20(27)14-5-3-6-16(11-14)24-21(29)15-8-9-18-17(12-15)25-22(30)19-7-4-10-28(18)19/h3,5-6,8-9,11-13,19H,2,4,7,10H2,1H3,(H,24,29)(H,25,30). The molecular formula is C22H22N6O2. The van der Waals surface area contributed by atoms with Gasteiger partial charge in [-0.25, -0.2) is 0 Å². The maximum atomic E-state index is 12.9. The molecule has 0 aliphatic carbocycles. The molecule has 5 rings (SSSR count). The Kier molecular flexibility index (Phi) is 4.46. The second-order valence-corrected chi connectivity index (χ2v) is 7.55. The van der Waals surface area contributed by atoms with E-state index >= 15 is 0 Å². The Morgan fingerprint density at radius 2 is 2.17 bits per heavy atom. The van der Waals surface area contributed by atoms with Gasteiger partial charge >= 0.3 is 0 Å². The van der Waals surface area contributed by atoms with Gasteiger partial charge in [-0.2, -0.15) is 0 Å². The number of carbonyl (C=O) groups is 2. The van der Waals surface area contributed by atoms with Crippen LogP contribution < -0.4 is 15.5 Å². The van der Waals surface area contributed by atoms with Crippen molar-refractivity contribution in [1.82, 2.24) is 14.8 Å². The van der Waals surface area contributed by atoms with Crippen molar-refractivity contribution in [1.29, 1.82) is 0 Å². The third-order valence-corrected chi connectivity index (χ3v) is 5.72. The lowest BCUT2D eigenvalue weighted by Gasteiger charge is -2.33. The summed E-state index contributed by atoms with van der Waals surface area (Å²) in [5.41, 5.74) is 3.72. The molecule has 1 atom stereocenters. The molecule has 3 heterocycles. The lowest BCUT2D eigenvalue weighted by atomic mass is 10.1. The minimum atomic E-state index is -0.232. The van der Waals surface area contributed by atoms with Crippen molar-refractivity contribution in [2.45, 2.75) is 32.4 Å². The van der Waals surface area contributed by atoms with Crippen LogP contribution in [0.3, 0.4) is 0 Å². The molecule has 2 N–H and O–H groups in total. The number of nitrogens with zero attached hydrogens (tertiary/aromatic N) is 4. The molecule has 8 heteroatoms. The van der Waals surface area contributed by atoms with Crippen molar-refractivity contribution in [2.75, 3.05) is 22.1 Å². The van der Waals surface area contributed by atoms with Crippen molar-refractivity contribution in [3.05, 3.63) is 54.4 Å². The second kappa shape index (κ2) is 7.29. The van der Waals surface area contributed by atoms with Gasteiger partial charge in [0.05, 0.1) is 11.4 Å². The zero-order valence-electron chi connectivity index (χ0n) is 16.6. The number of nitrogens with one attached hydrogen (secondary N) is 2. The molecule has 2 aromatic carbocycles. The number of rotatable bonds is 4. The Balaban J connectivity index is 1.38. The van der Waals surface area contributed by atoms with Crippen molar-refractivity contribution < 1.29 is 9.59 Å². The fraction of sp³-hybridized carbons (Fsp3) is 0.273. The molecule has 1 unspecified atom stereocenters. The number of hydrogen-bond acceptors (Lipinski definition) is 5. The van der Waals surface area contributed by atoms with Crippen molar-refractivity contribution in [3.8, 4) is 11.4 Å². The Labute approximate surface area is 173 Å². The number of amides is 2. The van der Waals surface area contributed by atoms with E-state index in [-0.39, 0.29) is 17.9 Å². The zero-order valence-corrected chi connectivity index (χ0v) is 16.6. The third-order valence-electron chi connectivity index (χ3n) is 5.72. The highest BCUT2D eigenvalue weighted by atomic mass is 16.2. The summed E-state index contributed by atoms with van der Waals surface area (Å²) in [4.78, 5) is 27.3. The molecule has 0 saturated carbocycles. The minimum absolute atomic E-state index is 0.00490. The fourth-order valence-corrected chi connectivity index (χ4v) is 4.22. The Morgan fingerprint density at radius 3 is 3.03 bits per heavy atom. The van der Waals surface area contributed by atoms with Crippen molar-refractivity contribution in [3.63, 3.8) is 0 Å². The normalized spacial score (nSPS) is 17.3. The summed E-state index contributed by atoms with van der Waals surface area (Å²) >= 11 is 0. The summed E-state index contributed by atoms with van der Waals surface area (Å²) < 4.78 is 1.94. The average molecular weight is 402 g/mol. The highest BCUT2D eigenvalue weighted by Gasteiger charge is 2.36. The van der Waals surface area contributed by atoms with Crippen LogP contribution in [0.25, 0.3) is 11.4 Å². The predicted octanol–water partition coefficient (Wildman–Crippen LogP) is 3.14. The Bertz CT molecular complexity index is 1140. The quantitative estimate of drug-likeness (QED) is 0.700. The van der Waals surface area contributed by atoms with Gasteiger partial charge in [-0.3, -0.25) is 9.59 Å². The van der Waals surface area contributed by atoms with Gasteiger partial charge in [-0.15, -0.1) is 10.2 Å². The highest BCUT2D eigenvalue weighted by molar-refractivity contribution is 6.09. The summed E-state index contributed by atoms with van der Waals surface area (Å²) in [6, 6.07) is 12.9. The van der Waals surface area contributed by atoms with Gasteiger partial charge < -0.3 is 20.1 Å². The van der Waals surface area contributed by atoms with E-state index in [0.717, 1.165) is 43.0 Å².